The number of benzene rings is 1. The second kappa shape index (κ2) is 4.94. The molecule has 1 rings (SSSR count). The quantitative estimate of drug-likeness (QED) is 0.749. The van der Waals surface area contributed by atoms with E-state index < -0.39 is 5.82 Å². The Morgan fingerprint density at radius 3 is 2.87 bits per heavy atom. The fraction of sp³-hybridized carbons (Fsp3) is 0.333. The van der Waals surface area contributed by atoms with E-state index in [1.807, 2.05) is 0 Å². The first kappa shape index (κ1) is 11.7. The van der Waals surface area contributed by atoms with Gasteiger partial charge in [0.05, 0.1) is 0 Å². The number of halogens is 1. The molecule has 0 aliphatic heterocycles. The van der Waals surface area contributed by atoms with Crippen molar-refractivity contribution >= 4 is 0 Å². The van der Waals surface area contributed by atoms with Gasteiger partial charge in [-0.25, -0.2) is 4.39 Å². The molecule has 0 heterocycles. The molecule has 0 radical (unpaired) electrons. The van der Waals surface area contributed by atoms with E-state index in [1.54, 1.807) is 25.1 Å². The maximum atomic E-state index is 13.3. The summed E-state index contributed by atoms with van der Waals surface area (Å²) >= 11 is 0. The zero-order valence-corrected chi connectivity index (χ0v) is 8.83. The number of rotatable bonds is 4. The SMILES string of the molecule is C=CCC[C@H](N)c1ccc(C)c(F)c1O. The van der Waals surface area contributed by atoms with Gasteiger partial charge in [0, 0.05) is 11.6 Å². The van der Waals surface area contributed by atoms with Gasteiger partial charge in [0.1, 0.15) is 0 Å². The van der Waals surface area contributed by atoms with Gasteiger partial charge in [0.2, 0.25) is 0 Å². The normalized spacial score (nSPS) is 12.5. The van der Waals surface area contributed by atoms with E-state index >= 15 is 0 Å². The van der Waals surface area contributed by atoms with Crippen LogP contribution in [-0.4, -0.2) is 5.11 Å². The summed E-state index contributed by atoms with van der Waals surface area (Å²) in [6.07, 6.45) is 3.15. The number of allylic oxidation sites excluding steroid dienone is 1. The molecular weight excluding hydrogens is 193 g/mol. The zero-order valence-electron chi connectivity index (χ0n) is 8.83. The number of hydrogen-bond acceptors (Lipinski definition) is 2. The molecule has 3 N–H and O–H groups in total. The molecule has 0 bridgehead atoms. The van der Waals surface area contributed by atoms with E-state index in [2.05, 4.69) is 6.58 Å². The molecule has 0 aliphatic rings. The fourth-order valence-electron chi connectivity index (χ4n) is 1.43. The minimum Gasteiger partial charge on any atom is -0.505 e. The van der Waals surface area contributed by atoms with Gasteiger partial charge in [-0.05, 0) is 25.3 Å². The Kier molecular flexibility index (Phi) is 3.86. The van der Waals surface area contributed by atoms with Gasteiger partial charge in [-0.2, -0.15) is 0 Å². The molecular formula is C12H16FNO. The number of nitrogens with two attached hydrogens (primary N) is 1. The summed E-state index contributed by atoms with van der Waals surface area (Å²) in [5, 5.41) is 9.57. The number of phenols is 1. The van der Waals surface area contributed by atoms with Crippen LogP contribution in [0.25, 0.3) is 0 Å². The summed E-state index contributed by atoms with van der Waals surface area (Å²) in [4.78, 5) is 0. The lowest BCUT2D eigenvalue weighted by Crippen LogP contribution is -2.10. The lowest BCUT2D eigenvalue weighted by Gasteiger charge is -2.13. The van der Waals surface area contributed by atoms with Crippen LogP contribution in [0.4, 0.5) is 4.39 Å². The first-order valence-electron chi connectivity index (χ1n) is 4.92. The molecule has 0 aromatic heterocycles. The predicted molar refractivity (Wildman–Crippen MR) is 59.2 cm³/mol. The van der Waals surface area contributed by atoms with Crippen LogP contribution in [-0.2, 0) is 0 Å². The molecule has 0 fully saturated rings. The lowest BCUT2D eigenvalue weighted by molar-refractivity contribution is 0.416. The average Bonchev–Trinajstić information content (AvgIpc) is 2.23. The van der Waals surface area contributed by atoms with Gasteiger partial charge in [0.25, 0.3) is 0 Å². The van der Waals surface area contributed by atoms with Crippen LogP contribution in [0.15, 0.2) is 24.8 Å². The monoisotopic (exact) mass is 209 g/mol. The van der Waals surface area contributed by atoms with Crippen LogP contribution in [0.1, 0.15) is 30.0 Å². The van der Waals surface area contributed by atoms with Crippen molar-refractivity contribution < 1.29 is 9.50 Å². The van der Waals surface area contributed by atoms with Crippen LogP contribution in [0.2, 0.25) is 0 Å². The summed E-state index contributed by atoms with van der Waals surface area (Å²) in [5.41, 5.74) is 6.71. The molecule has 3 heteroatoms. The van der Waals surface area contributed by atoms with Crippen molar-refractivity contribution in [2.24, 2.45) is 5.73 Å². The molecule has 0 amide bonds. The molecule has 0 aliphatic carbocycles. The van der Waals surface area contributed by atoms with Gasteiger partial charge >= 0.3 is 0 Å². The summed E-state index contributed by atoms with van der Waals surface area (Å²) in [6.45, 7) is 5.19. The van der Waals surface area contributed by atoms with Gasteiger partial charge in [-0.3, -0.25) is 0 Å². The Bertz CT molecular complexity index is 363. The summed E-state index contributed by atoms with van der Waals surface area (Å²) in [6, 6.07) is 2.94. The Morgan fingerprint density at radius 2 is 2.27 bits per heavy atom. The molecule has 0 saturated carbocycles. The Labute approximate surface area is 89.2 Å². The zero-order chi connectivity index (χ0) is 11.4. The smallest absolute Gasteiger partial charge is 0.168 e. The van der Waals surface area contributed by atoms with Gasteiger partial charge < -0.3 is 10.8 Å². The second-order valence-corrected chi connectivity index (χ2v) is 3.61. The van der Waals surface area contributed by atoms with Crippen LogP contribution in [0, 0.1) is 12.7 Å². The Balaban J connectivity index is 2.94. The van der Waals surface area contributed by atoms with Crippen molar-refractivity contribution in [1.82, 2.24) is 0 Å². The highest BCUT2D eigenvalue weighted by Gasteiger charge is 2.14. The molecule has 1 atom stereocenters. The van der Waals surface area contributed by atoms with Gasteiger partial charge in [-0.1, -0.05) is 18.2 Å². The molecule has 82 valence electrons. The molecule has 1 aromatic carbocycles. The molecule has 1 aromatic rings. The van der Waals surface area contributed by atoms with Crippen LogP contribution in [0.3, 0.4) is 0 Å². The summed E-state index contributed by atoms with van der Waals surface area (Å²) in [5.74, 6) is -0.909. The van der Waals surface area contributed by atoms with E-state index in [1.165, 1.54) is 0 Å². The molecule has 15 heavy (non-hydrogen) atoms. The third-order valence-electron chi connectivity index (χ3n) is 2.42. The highest BCUT2D eigenvalue weighted by atomic mass is 19.1. The van der Waals surface area contributed by atoms with Crippen molar-refractivity contribution in [3.63, 3.8) is 0 Å². The third kappa shape index (κ3) is 2.57. The highest BCUT2D eigenvalue weighted by Crippen LogP contribution is 2.29. The van der Waals surface area contributed by atoms with E-state index in [-0.39, 0.29) is 11.8 Å². The van der Waals surface area contributed by atoms with Crippen molar-refractivity contribution in [1.29, 1.82) is 0 Å². The van der Waals surface area contributed by atoms with Crippen molar-refractivity contribution in [2.45, 2.75) is 25.8 Å². The number of aromatic hydroxyl groups is 1. The van der Waals surface area contributed by atoms with E-state index in [9.17, 15) is 9.50 Å². The number of phenolic OH excluding ortho intramolecular Hbond substituents is 1. The van der Waals surface area contributed by atoms with Crippen LogP contribution in [0.5, 0.6) is 5.75 Å². The minimum absolute atomic E-state index is 0.327. The van der Waals surface area contributed by atoms with E-state index in [0.717, 1.165) is 6.42 Å². The van der Waals surface area contributed by atoms with E-state index in [4.69, 9.17) is 5.73 Å². The first-order valence-corrected chi connectivity index (χ1v) is 4.92. The second-order valence-electron chi connectivity index (χ2n) is 3.61. The summed E-state index contributed by atoms with van der Waals surface area (Å²) < 4.78 is 13.3. The standard InChI is InChI=1S/C12H16FNO/c1-3-4-5-10(14)9-7-6-8(2)11(13)12(9)15/h3,6-7,10,15H,1,4-5,14H2,2H3/t10-/m0/s1. The Morgan fingerprint density at radius 1 is 1.60 bits per heavy atom. The molecule has 0 unspecified atom stereocenters. The first-order chi connectivity index (χ1) is 7.07. The predicted octanol–water partition coefficient (Wildman–Crippen LogP) is 2.81. The van der Waals surface area contributed by atoms with Crippen LogP contribution < -0.4 is 5.73 Å². The van der Waals surface area contributed by atoms with Crippen molar-refractivity contribution in [3.05, 3.63) is 41.7 Å². The average molecular weight is 209 g/mol. The highest BCUT2D eigenvalue weighted by molar-refractivity contribution is 5.39. The van der Waals surface area contributed by atoms with Gasteiger partial charge in [0.15, 0.2) is 11.6 Å². The lowest BCUT2D eigenvalue weighted by atomic mass is 10.00. The maximum Gasteiger partial charge on any atom is 0.168 e. The Hall–Kier alpha value is -1.35. The van der Waals surface area contributed by atoms with Gasteiger partial charge in [-0.15, -0.1) is 6.58 Å². The largest absolute Gasteiger partial charge is 0.505 e. The maximum absolute atomic E-state index is 13.3. The van der Waals surface area contributed by atoms with E-state index in [0.29, 0.717) is 17.5 Å². The third-order valence-corrected chi connectivity index (χ3v) is 2.42. The summed E-state index contributed by atoms with van der Waals surface area (Å²) in [7, 11) is 0. The van der Waals surface area contributed by atoms with Crippen molar-refractivity contribution in [2.75, 3.05) is 0 Å². The fourth-order valence-corrected chi connectivity index (χ4v) is 1.43. The topological polar surface area (TPSA) is 46.2 Å². The molecule has 2 nitrogen and oxygen atoms in total. The number of hydrogen-bond donors (Lipinski definition) is 2. The van der Waals surface area contributed by atoms with Crippen molar-refractivity contribution in [3.8, 4) is 5.75 Å². The van der Waals surface area contributed by atoms with Crippen LogP contribution >= 0.6 is 0 Å². The minimum atomic E-state index is -0.582. The molecule has 0 saturated heterocycles. The number of aryl methyl sites for hydroxylation is 1. The molecule has 0 spiro atoms.